The maximum absolute atomic E-state index is 13.1. The molecular weight excluding hydrogens is 340 g/mol. The number of nitrogens with one attached hydrogen (secondary N) is 1. The van der Waals surface area contributed by atoms with E-state index in [1.807, 2.05) is 44.2 Å². The fraction of sp³-hybridized carbons (Fsp3) is 0.238. The van der Waals surface area contributed by atoms with Crippen LogP contribution in [0.3, 0.4) is 0 Å². The highest BCUT2D eigenvalue weighted by molar-refractivity contribution is 6.02. The van der Waals surface area contributed by atoms with Crippen molar-refractivity contribution < 1.29 is 9.59 Å². The topological polar surface area (TPSA) is 79.0 Å². The van der Waals surface area contributed by atoms with Crippen LogP contribution in [0.5, 0.6) is 0 Å². The highest BCUT2D eigenvalue weighted by atomic mass is 16.2. The van der Waals surface area contributed by atoms with Crippen LogP contribution >= 0.6 is 0 Å². The van der Waals surface area contributed by atoms with Gasteiger partial charge in [-0.05, 0) is 19.4 Å². The lowest BCUT2D eigenvalue weighted by atomic mass is 10.1. The number of Topliss-reactive ketones (excluding diaryl/α,β-unsaturated/α-hetero) is 1. The molecule has 136 valence electrons. The fourth-order valence-electron chi connectivity index (χ4n) is 3.60. The van der Waals surface area contributed by atoms with Gasteiger partial charge in [-0.15, -0.1) is 0 Å². The summed E-state index contributed by atoms with van der Waals surface area (Å²) in [6.07, 6.45) is 1.80. The number of H-pyrrole nitrogens is 1. The molecule has 3 aromatic rings. The van der Waals surface area contributed by atoms with E-state index >= 15 is 0 Å². The first-order valence-corrected chi connectivity index (χ1v) is 8.85. The molecule has 1 aliphatic heterocycles. The van der Waals surface area contributed by atoms with E-state index in [1.54, 1.807) is 11.1 Å². The number of carbonyl (C=O) groups is 2. The third-order valence-electron chi connectivity index (χ3n) is 4.98. The van der Waals surface area contributed by atoms with E-state index in [1.165, 1.54) is 6.92 Å². The smallest absolute Gasteiger partial charge is 0.256 e. The van der Waals surface area contributed by atoms with Gasteiger partial charge in [0.05, 0.1) is 23.5 Å². The lowest BCUT2D eigenvalue weighted by Crippen LogP contribution is -2.26. The Morgan fingerprint density at radius 3 is 2.52 bits per heavy atom. The van der Waals surface area contributed by atoms with Crippen molar-refractivity contribution in [2.75, 3.05) is 0 Å². The normalized spacial score (nSPS) is 12.9. The van der Waals surface area contributed by atoms with E-state index in [-0.39, 0.29) is 11.7 Å². The molecular formula is C21H20N4O2. The zero-order valence-electron chi connectivity index (χ0n) is 15.5. The first-order chi connectivity index (χ1) is 13.0. The average molecular weight is 360 g/mol. The van der Waals surface area contributed by atoms with E-state index in [9.17, 15) is 9.59 Å². The average Bonchev–Trinajstić information content (AvgIpc) is 3.22. The summed E-state index contributed by atoms with van der Waals surface area (Å²) in [5, 5.41) is 0. The Labute approximate surface area is 157 Å². The van der Waals surface area contributed by atoms with Crippen LogP contribution in [0.1, 0.15) is 50.3 Å². The third-order valence-corrected chi connectivity index (χ3v) is 4.98. The Kier molecular flexibility index (Phi) is 4.11. The van der Waals surface area contributed by atoms with Gasteiger partial charge in [0.2, 0.25) is 0 Å². The van der Waals surface area contributed by atoms with Crippen molar-refractivity contribution in [2.24, 2.45) is 0 Å². The number of nitrogens with zero attached hydrogens (tertiary/aromatic N) is 3. The summed E-state index contributed by atoms with van der Waals surface area (Å²) >= 11 is 0. The molecule has 0 aliphatic carbocycles. The molecule has 1 aliphatic rings. The van der Waals surface area contributed by atoms with Gasteiger partial charge in [0, 0.05) is 36.5 Å². The number of amides is 1. The second kappa shape index (κ2) is 6.46. The molecule has 1 aromatic carbocycles. The molecule has 0 fully saturated rings. The minimum Gasteiger partial charge on any atom is -0.355 e. The Balaban J connectivity index is 1.62. The Morgan fingerprint density at radius 1 is 1.11 bits per heavy atom. The van der Waals surface area contributed by atoms with Gasteiger partial charge in [-0.25, -0.2) is 9.97 Å². The minimum absolute atomic E-state index is 0.0715. The molecule has 27 heavy (non-hydrogen) atoms. The molecule has 3 heterocycles. The highest BCUT2D eigenvalue weighted by Crippen LogP contribution is 2.27. The number of benzene rings is 1. The molecule has 1 N–H and O–H groups in total. The van der Waals surface area contributed by atoms with Crippen LogP contribution < -0.4 is 0 Å². The number of hydrogen-bond acceptors (Lipinski definition) is 4. The molecule has 4 rings (SSSR count). The van der Waals surface area contributed by atoms with Crippen LogP contribution in [-0.2, 0) is 13.1 Å². The van der Waals surface area contributed by atoms with Crippen molar-refractivity contribution in [2.45, 2.75) is 33.9 Å². The van der Waals surface area contributed by atoms with Gasteiger partial charge in [-0.1, -0.05) is 30.3 Å². The number of carbonyl (C=O) groups excluding carboxylic acids is 2. The number of aromatic nitrogens is 3. The van der Waals surface area contributed by atoms with Gasteiger partial charge < -0.3 is 9.88 Å². The first-order valence-electron chi connectivity index (χ1n) is 8.85. The van der Waals surface area contributed by atoms with Crippen molar-refractivity contribution in [3.8, 4) is 11.4 Å². The Morgan fingerprint density at radius 2 is 1.85 bits per heavy atom. The van der Waals surface area contributed by atoms with Crippen molar-refractivity contribution >= 4 is 11.7 Å². The summed E-state index contributed by atoms with van der Waals surface area (Å²) in [5.74, 6) is 0.502. The number of ketones is 1. The summed E-state index contributed by atoms with van der Waals surface area (Å²) in [7, 11) is 0. The van der Waals surface area contributed by atoms with Gasteiger partial charge in [-0.3, -0.25) is 9.59 Å². The lowest BCUT2D eigenvalue weighted by Gasteiger charge is -2.15. The molecule has 0 spiro atoms. The second-order valence-corrected chi connectivity index (χ2v) is 6.87. The minimum atomic E-state index is -0.0898. The standard InChI is InChI=1S/C21H20N4O2/c1-12-18(13(2)23-19(12)14(3)26)21(27)25-10-16-9-22-20(24-17(16)11-25)15-7-5-4-6-8-15/h4-9,23H,10-11H2,1-3H3. The van der Waals surface area contributed by atoms with Crippen molar-refractivity contribution in [3.63, 3.8) is 0 Å². The third kappa shape index (κ3) is 2.93. The first kappa shape index (κ1) is 17.1. The molecule has 6 heteroatoms. The number of hydrogen-bond donors (Lipinski definition) is 1. The van der Waals surface area contributed by atoms with E-state index in [4.69, 9.17) is 0 Å². The van der Waals surface area contributed by atoms with Crippen LogP contribution in [-0.4, -0.2) is 31.5 Å². The van der Waals surface area contributed by atoms with Crippen molar-refractivity contribution in [1.82, 2.24) is 19.9 Å². The highest BCUT2D eigenvalue weighted by Gasteiger charge is 2.30. The van der Waals surface area contributed by atoms with Crippen LogP contribution in [0.15, 0.2) is 36.5 Å². The van der Waals surface area contributed by atoms with Crippen LogP contribution in [0.4, 0.5) is 0 Å². The summed E-state index contributed by atoms with van der Waals surface area (Å²) < 4.78 is 0. The molecule has 0 saturated carbocycles. The van der Waals surface area contributed by atoms with E-state index < -0.39 is 0 Å². The number of aryl methyl sites for hydroxylation is 1. The zero-order chi connectivity index (χ0) is 19.1. The van der Waals surface area contributed by atoms with Gasteiger partial charge in [-0.2, -0.15) is 0 Å². The van der Waals surface area contributed by atoms with E-state index in [0.717, 1.165) is 22.5 Å². The van der Waals surface area contributed by atoms with E-state index in [0.29, 0.717) is 35.7 Å². The quantitative estimate of drug-likeness (QED) is 0.726. The summed E-state index contributed by atoms with van der Waals surface area (Å²) in [5.41, 5.74) is 5.28. The van der Waals surface area contributed by atoms with Gasteiger partial charge >= 0.3 is 0 Å². The second-order valence-electron chi connectivity index (χ2n) is 6.87. The predicted molar refractivity (Wildman–Crippen MR) is 101 cm³/mol. The van der Waals surface area contributed by atoms with Crippen LogP contribution in [0.25, 0.3) is 11.4 Å². The SMILES string of the molecule is CC(=O)c1[nH]c(C)c(C(=O)N2Cc3cnc(-c4ccccc4)nc3C2)c1C. The molecule has 0 unspecified atom stereocenters. The maximum Gasteiger partial charge on any atom is 0.256 e. The molecule has 6 nitrogen and oxygen atoms in total. The van der Waals surface area contributed by atoms with Gasteiger partial charge in [0.25, 0.3) is 5.91 Å². The molecule has 1 amide bonds. The van der Waals surface area contributed by atoms with Crippen LogP contribution in [0.2, 0.25) is 0 Å². The molecule has 0 atom stereocenters. The Hall–Kier alpha value is -3.28. The zero-order valence-corrected chi connectivity index (χ0v) is 15.5. The molecule has 2 aromatic heterocycles. The largest absolute Gasteiger partial charge is 0.355 e. The van der Waals surface area contributed by atoms with Gasteiger partial charge in [0.1, 0.15) is 0 Å². The van der Waals surface area contributed by atoms with Crippen molar-refractivity contribution in [1.29, 1.82) is 0 Å². The van der Waals surface area contributed by atoms with Crippen molar-refractivity contribution in [3.05, 3.63) is 70.3 Å². The molecule has 0 bridgehead atoms. The Bertz CT molecular complexity index is 1050. The monoisotopic (exact) mass is 360 g/mol. The summed E-state index contributed by atoms with van der Waals surface area (Å²) in [6.45, 7) is 6.05. The number of aromatic amines is 1. The van der Waals surface area contributed by atoms with E-state index in [2.05, 4.69) is 15.0 Å². The molecule has 0 saturated heterocycles. The molecule has 0 radical (unpaired) electrons. The number of fused-ring (bicyclic) bond motifs is 1. The predicted octanol–water partition coefficient (Wildman–Crippen LogP) is 3.45. The summed E-state index contributed by atoms with van der Waals surface area (Å²) in [6, 6.07) is 9.79. The summed E-state index contributed by atoms with van der Waals surface area (Å²) in [4.78, 5) is 38.8. The van der Waals surface area contributed by atoms with Crippen LogP contribution in [0, 0.1) is 13.8 Å². The maximum atomic E-state index is 13.1. The fourth-order valence-corrected chi connectivity index (χ4v) is 3.60. The van der Waals surface area contributed by atoms with Gasteiger partial charge in [0.15, 0.2) is 11.6 Å². The number of rotatable bonds is 3. The lowest BCUT2D eigenvalue weighted by molar-refractivity contribution is 0.0749.